The maximum absolute atomic E-state index is 11.4. The topological polar surface area (TPSA) is 65.0 Å². The van der Waals surface area contributed by atoms with Gasteiger partial charge in [-0.3, -0.25) is 0 Å². The molecule has 3 N–H and O–H groups in total. The molecule has 49 heavy (non-hydrogen) atoms. The maximum atomic E-state index is 11.4. The summed E-state index contributed by atoms with van der Waals surface area (Å²) < 4.78 is 5.99. The molecule has 2 unspecified atom stereocenters. The van der Waals surface area contributed by atoms with Gasteiger partial charge in [-0.15, -0.1) is 0 Å². The van der Waals surface area contributed by atoms with Crippen LogP contribution < -0.4 is 10.2 Å². The third-order valence-corrected chi connectivity index (χ3v) is 10.2. The molecule has 2 atom stereocenters. The largest absolute Gasteiger partial charge is 0.507 e. The highest BCUT2D eigenvalue weighted by Gasteiger charge is 2.35. The fourth-order valence-electron chi connectivity index (χ4n) is 7.49. The summed E-state index contributed by atoms with van der Waals surface area (Å²) in [4.78, 5) is 2.28. The molecule has 3 aromatic rings. The SMILES string of the molecule is CC1=COC=C2C1=CC=C(NCc1cccc(C(C)(C)C)c1O)C2c1c(N(C)Cc2cccc(C(C)(C)C)c2O)ccc2c1CC(C)C=C2. The van der Waals surface area contributed by atoms with Gasteiger partial charge in [-0.2, -0.15) is 0 Å². The van der Waals surface area contributed by atoms with Gasteiger partial charge in [0.25, 0.3) is 0 Å². The number of rotatable bonds is 7. The number of benzene rings is 3. The van der Waals surface area contributed by atoms with Crippen molar-refractivity contribution in [3.63, 3.8) is 0 Å². The molecule has 3 aromatic carbocycles. The fourth-order valence-corrected chi connectivity index (χ4v) is 7.49. The lowest BCUT2D eigenvalue weighted by Crippen LogP contribution is -2.28. The number of allylic oxidation sites excluding steroid dienone is 6. The van der Waals surface area contributed by atoms with Gasteiger partial charge >= 0.3 is 0 Å². The quantitative estimate of drug-likeness (QED) is 0.236. The van der Waals surface area contributed by atoms with Crippen LogP contribution in [0.5, 0.6) is 11.5 Å². The van der Waals surface area contributed by atoms with Crippen molar-refractivity contribution in [2.75, 3.05) is 11.9 Å². The Hall–Kier alpha value is -4.64. The summed E-state index contributed by atoms with van der Waals surface area (Å²) in [7, 11) is 2.12. The molecule has 0 saturated heterocycles. The summed E-state index contributed by atoms with van der Waals surface area (Å²) in [5.41, 5.74) is 12.6. The standard InChI is InChI=1S/C44H52N2O3/c1-27-16-17-29-18-21-38(46(9)24-31-13-11-15-36(42(31)48)44(6,7)8)40(33(29)22-27)39-34-26-49-25-28(2)32(34)19-20-37(39)45-23-30-12-10-14-35(41(30)47)43(3,4)5/h10-21,25-27,39,45,47-48H,22-24H2,1-9H3. The van der Waals surface area contributed by atoms with E-state index in [4.69, 9.17) is 4.74 Å². The Kier molecular flexibility index (Phi) is 9.08. The monoisotopic (exact) mass is 656 g/mol. The zero-order valence-corrected chi connectivity index (χ0v) is 30.6. The number of phenolic OH excluding ortho intramolecular Hbond substituents is 2. The van der Waals surface area contributed by atoms with E-state index in [9.17, 15) is 10.2 Å². The molecule has 3 aliphatic rings. The molecule has 0 bridgehead atoms. The predicted octanol–water partition coefficient (Wildman–Crippen LogP) is 10.0. The third kappa shape index (κ3) is 6.68. The van der Waals surface area contributed by atoms with Gasteiger partial charge in [0.1, 0.15) is 11.5 Å². The smallest absolute Gasteiger partial charge is 0.124 e. The van der Waals surface area contributed by atoms with Gasteiger partial charge in [0, 0.05) is 48.2 Å². The fraction of sp³-hybridized carbons (Fsp3) is 0.364. The van der Waals surface area contributed by atoms with Gasteiger partial charge in [-0.25, -0.2) is 0 Å². The van der Waals surface area contributed by atoms with E-state index >= 15 is 0 Å². The number of nitrogens with one attached hydrogen (secondary N) is 1. The van der Waals surface area contributed by atoms with E-state index in [0.717, 1.165) is 51.2 Å². The van der Waals surface area contributed by atoms with Crippen LogP contribution in [0, 0.1) is 5.92 Å². The lowest BCUT2D eigenvalue weighted by molar-refractivity contribution is 0.384. The van der Waals surface area contributed by atoms with Gasteiger partial charge in [0.15, 0.2) is 0 Å². The van der Waals surface area contributed by atoms with E-state index in [1.54, 1.807) is 0 Å². The number of hydrogen-bond acceptors (Lipinski definition) is 5. The Morgan fingerprint density at radius 2 is 1.51 bits per heavy atom. The predicted molar refractivity (Wildman–Crippen MR) is 203 cm³/mol. The summed E-state index contributed by atoms with van der Waals surface area (Å²) in [6.07, 6.45) is 13.6. The van der Waals surface area contributed by atoms with Crippen LogP contribution in [0.15, 0.2) is 102 Å². The first-order chi connectivity index (χ1) is 23.1. The van der Waals surface area contributed by atoms with Crippen molar-refractivity contribution in [3.05, 3.63) is 141 Å². The van der Waals surface area contributed by atoms with Gasteiger partial charge in [-0.05, 0) is 81.2 Å². The van der Waals surface area contributed by atoms with Crippen molar-refractivity contribution in [2.24, 2.45) is 5.92 Å². The summed E-state index contributed by atoms with van der Waals surface area (Å²) >= 11 is 0. The van der Waals surface area contributed by atoms with Crippen molar-refractivity contribution in [1.29, 1.82) is 0 Å². The first kappa shape index (κ1) is 34.2. The molecular formula is C44H52N2O3. The number of hydrogen-bond donors (Lipinski definition) is 3. The van der Waals surface area contributed by atoms with E-state index < -0.39 is 0 Å². The van der Waals surface area contributed by atoms with Crippen LogP contribution in [-0.2, 0) is 35.1 Å². The Bertz CT molecular complexity index is 1930. The summed E-state index contributed by atoms with van der Waals surface area (Å²) in [6.45, 7) is 18.2. The molecule has 1 aliphatic heterocycles. The van der Waals surface area contributed by atoms with E-state index in [1.165, 1.54) is 22.3 Å². The Labute approximate surface area is 293 Å². The molecule has 0 radical (unpaired) electrons. The third-order valence-electron chi connectivity index (χ3n) is 10.2. The number of fused-ring (bicyclic) bond motifs is 2. The average Bonchev–Trinajstić information content (AvgIpc) is 3.03. The number of para-hydroxylation sites is 2. The number of nitrogens with zero attached hydrogens (tertiary/aromatic N) is 1. The molecule has 0 aromatic heterocycles. The minimum absolute atomic E-state index is 0.141. The van der Waals surface area contributed by atoms with Crippen molar-refractivity contribution in [2.45, 2.75) is 91.6 Å². The molecule has 2 aliphatic carbocycles. The normalized spacial score (nSPS) is 18.7. The van der Waals surface area contributed by atoms with Crippen LogP contribution in [0.1, 0.15) is 100 Å². The molecule has 0 spiro atoms. The Balaban J connectivity index is 1.47. The maximum Gasteiger partial charge on any atom is 0.124 e. The summed E-state index contributed by atoms with van der Waals surface area (Å²) in [5, 5.41) is 26.6. The summed E-state index contributed by atoms with van der Waals surface area (Å²) in [6, 6.07) is 16.6. The van der Waals surface area contributed by atoms with Crippen LogP contribution in [-0.4, -0.2) is 17.3 Å². The number of ether oxygens (including phenoxy) is 1. The lowest BCUT2D eigenvalue weighted by atomic mass is 9.73. The van der Waals surface area contributed by atoms with E-state index in [1.807, 2.05) is 42.9 Å². The van der Waals surface area contributed by atoms with Crippen LogP contribution >= 0.6 is 0 Å². The minimum atomic E-state index is -0.174. The van der Waals surface area contributed by atoms with E-state index in [-0.39, 0.29) is 16.7 Å². The molecule has 1 heterocycles. The first-order valence-electron chi connectivity index (χ1n) is 17.5. The molecule has 5 nitrogen and oxygen atoms in total. The molecule has 0 fully saturated rings. The zero-order chi connectivity index (χ0) is 35.2. The van der Waals surface area contributed by atoms with Crippen LogP contribution in [0.2, 0.25) is 0 Å². The molecule has 0 amide bonds. The Morgan fingerprint density at radius 1 is 0.857 bits per heavy atom. The molecular weight excluding hydrogens is 604 g/mol. The second-order valence-electron chi connectivity index (χ2n) is 16.1. The second-order valence-corrected chi connectivity index (χ2v) is 16.1. The molecule has 5 heteroatoms. The van der Waals surface area contributed by atoms with Crippen LogP contribution in [0.25, 0.3) is 6.08 Å². The highest BCUT2D eigenvalue weighted by atomic mass is 16.5. The first-order valence-corrected chi connectivity index (χ1v) is 17.5. The van der Waals surface area contributed by atoms with Crippen LogP contribution in [0.3, 0.4) is 0 Å². The highest BCUT2D eigenvalue weighted by molar-refractivity contribution is 5.73. The van der Waals surface area contributed by atoms with Crippen molar-refractivity contribution in [1.82, 2.24) is 5.32 Å². The van der Waals surface area contributed by atoms with Gasteiger partial charge in [-0.1, -0.05) is 109 Å². The second kappa shape index (κ2) is 13.0. The molecule has 256 valence electrons. The average molecular weight is 657 g/mol. The number of phenols is 2. The molecule has 0 saturated carbocycles. The van der Waals surface area contributed by atoms with Crippen LogP contribution in [0.4, 0.5) is 5.69 Å². The van der Waals surface area contributed by atoms with Crippen molar-refractivity contribution >= 4 is 11.8 Å². The van der Waals surface area contributed by atoms with Crippen molar-refractivity contribution in [3.8, 4) is 11.5 Å². The minimum Gasteiger partial charge on any atom is -0.507 e. The van der Waals surface area contributed by atoms with Gasteiger partial charge < -0.3 is 25.2 Å². The lowest BCUT2D eigenvalue weighted by Gasteiger charge is -2.37. The van der Waals surface area contributed by atoms with E-state index in [0.29, 0.717) is 30.5 Å². The van der Waals surface area contributed by atoms with Gasteiger partial charge in [0.05, 0.1) is 18.4 Å². The van der Waals surface area contributed by atoms with Gasteiger partial charge in [0.2, 0.25) is 0 Å². The Morgan fingerprint density at radius 3 is 2.18 bits per heavy atom. The number of aromatic hydroxyl groups is 2. The number of anilines is 1. The van der Waals surface area contributed by atoms with E-state index in [2.05, 4.69) is 115 Å². The highest BCUT2D eigenvalue weighted by Crippen LogP contribution is 2.49. The van der Waals surface area contributed by atoms with Crippen molar-refractivity contribution < 1.29 is 14.9 Å². The zero-order valence-electron chi connectivity index (χ0n) is 30.6. The molecule has 6 rings (SSSR count). The summed E-state index contributed by atoms with van der Waals surface area (Å²) in [5.74, 6) is 0.967.